The van der Waals surface area contributed by atoms with Gasteiger partial charge in [0.2, 0.25) is 11.7 Å². The molecule has 0 aliphatic heterocycles. The summed E-state index contributed by atoms with van der Waals surface area (Å²) in [4.78, 5) is 29.5. The minimum atomic E-state index is -0.236. The summed E-state index contributed by atoms with van der Waals surface area (Å²) < 4.78 is 3.14. The predicted molar refractivity (Wildman–Crippen MR) is 110 cm³/mol. The van der Waals surface area contributed by atoms with Gasteiger partial charge in [-0.15, -0.1) is 5.10 Å². The number of hydrogen-bond acceptors (Lipinski definition) is 4. The number of rotatable bonds is 7. The van der Waals surface area contributed by atoms with E-state index in [1.54, 1.807) is 12.1 Å². The van der Waals surface area contributed by atoms with Gasteiger partial charge in [0.25, 0.3) is 5.56 Å². The van der Waals surface area contributed by atoms with E-state index in [0.717, 1.165) is 24.1 Å². The Labute approximate surface area is 168 Å². The molecule has 0 saturated carbocycles. The first-order valence-electron chi connectivity index (χ1n) is 9.40. The lowest BCUT2D eigenvalue weighted by atomic mass is 10.1. The molecule has 2 heterocycles. The average molecular weight is 402 g/mol. The van der Waals surface area contributed by atoms with Crippen molar-refractivity contribution in [3.63, 3.8) is 0 Å². The number of nitrogens with one attached hydrogen (secondary N) is 1. The fourth-order valence-electron chi connectivity index (χ4n) is 3.03. The quantitative estimate of drug-likeness (QED) is 0.617. The molecule has 2 aromatic heterocycles. The Balaban J connectivity index is 1.91. The number of carbonyl (C=O) groups excluding carboxylic acids is 1. The van der Waals surface area contributed by atoms with Crippen LogP contribution in [0.2, 0.25) is 5.02 Å². The van der Waals surface area contributed by atoms with Crippen molar-refractivity contribution >= 4 is 23.3 Å². The van der Waals surface area contributed by atoms with Crippen LogP contribution in [0.5, 0.6) is 0 Å². The van der Waals surface area contributed by atoms with E-state index >= 15 is 0 Å². The molecule has 8 heteroatoms. The van der Waals surface area contributed by atoms with E-state index in [1.165, 1.54) is 4.52 Å². The zero-order chi connectivity index (χ0) is 20.3. The van der Waals surface area contributed by atoms with Gasteiger partial charge in [-0.25, -0.2) is 0 Å². The maximum absolute atomic E-state index is 13.0. The Bertz CT molecular complexity index is 1050. The van der Waals surface area contributed by atoms with Crippen molar-refractivity contribution in [1.82, 2.24) is 24.5 Å². The lowest BCUT2D eigenvalue weighted by molar-refractivity contribution is -0.121. The highest BCUT2D eigenvalue weighted by Gasteiger charge is 2.17. The largest absolute Gasteiger partial charge is 0.356 e. The summed E-state index contributed by atoms with van der Waals surface area (Å²) in [6.07, 6.45) is 2.61. The third-order valence-electron chi connectivity index (χ3n) is 4.84. The number of hydrogen-bond donors (Lipinski definition) is 1. The Morgan fingerprint density at radius 3 is 2.64 bits per heavy atom. The van der Waals surface area contributed by atoms with E-state index in [9.17, 15) is 9.59 Å². The standard InChI is InChI=1S/C20H24ClN5O2/c1-4-5-12-22-17(27)11-10-16-13(2)25(3)20-23-18(24-26(20)19(16)28)14-6-8-15(21)9-7-14/h6-9H,4-5,10-12H2,1-3H3,(H,22,27). The SMILES string of the molecule is CCCCNC(=O)CCc1c(C)n(C)c2nc(-c3ccc(Cl)cc3)nn2c1=O. The van der Waals surface area contributed by atoms with Gasteiger partial charge >= 0.3 is 0 Å². The molecule has 0 aliphatic rings. The second-order valence-corrected chi connectivity index (χ2v) is 7.22. The van der Waals surface area contributed by atoms with Crippen LogP contribution in [0.15, 0.2) is 29.1 Å². The van der Waals surface area contributed by atoms with Crippen LogP contribution in [0.25, 0.3) is 17.2 Å². The highest BCUT2D eigenvalue weighted by molar-refractivity contribution is 6.30. The topological polar surface area (TPSA) is 81.3 Å². The monoisotopic (exact) mass is 401 g/mol. The second kappa shape index (κ2) is 8.56. The number of aromatic nitrogens is 4. The first kappa shape index (κ1) is 20.1. The molecular weight excluding hydrogens is 378 g/mol. The van der Waals surface area contributed by atoms with Gasteiger partial charge < -0.3 is 9.88 Å². The van der Waals surface area contributed by atoms with Gasteiger partial charge in [0.15, 0.2) is 5.82 Å². The first-order valence-corrected chi connectivity index (χ1v) is 9.78. The van der Waals surface area contributed by atoms with Crippen LogP contribution < -0.4 is 10.9 Å². The second-order valence-electron chi connectivity index (χ2n) is 6.79. The van der Waals surface area contributed by atoms with Gasteiger partial charge in [0.05, 0.1) is 0 Å². The molecule has 1 amide bonds. The highest BCUT2D eigenvalue weighted by Crippen LogP contribution is 2.19. The maximum atomic E-state index is 13.0. The number of nitrogens with zero attached hydrogens (tertiary/aromatic N) is 4. The molecule has 0 fully saturated rings. The van der Waals surface area contributed by atoms with Crippen LogP contribution in [-0.4, -0.2) is 31.6 Å². The average Bonchev–Trinajstić information content (AvgIpc) is 3.13. The van der Waals surface area contributed by atoms with Crippen LogP contribution >= 0.6 is 11.6 Å². The number of aryl methyl sites for hydroxylation is 1. The fourth-order valence-corrected chi connectivity index (χ4v) is 3.16. The molecule has 7 nitrogen and oxygen atoms in total. The molecule has 0 saturated heterocycles. The third kappa shape index (κ3) is 4.09. The van der Waals surface area contributed by atoms with E-state index in [0.29, 0.717) is 35.2 Å². The summed E-state index contributed by atoms with van der Waals surface area (Å²) >= 11 is 5.94. The van der Waals surface area contributed by atoms with E-state index in [-0.39, 0.29) is 17.9 Å². The first-order chi connectivity index (χ1) is 13.4. The van der Waals surface area contributed by atoms with Gasteiger partial charge in [-0.2, -0.15) is 9.50 Å². The summed E-state index contributed by atoms with van der Waals surface area (Å²) in [6.45, 7) is 4.60. The molecule has 0 spiro atoms. The Morgan fingerprint density at radius 2 is 1.96 bits per heavy atom. The molecule has 3 aromatic rings. The third-order valence-corrected chi connectivity index (χ3v) is 5.09. The van der Waals surface area contributed by atoms with Crippen LogP contribution in [0, 0.1) is 6.92 Å². The summed E-state index contributed by atoms with van der Waals surface area (Å²) in [5.41, 5.74) is 1.91. The van der Waals surface area contributed by atoms with Gasteiger partial charge in [-0.05, 0) is 44.0 Å². The lowest BCUT2D eigenvalue weighted by Gasteiger charge is -2.11. The van der Waals surface area contributed by atoms with Crippen molar-refractivity contribution in [2.45, 2.75) is 39.5 Å². The minimum absolute atomic E-state index is 0.0459. The number of carbonyl (C=O) groups is 1. The summed E-state index contributed by atoms with van der Waals surface area (Å²) in [6, 6.07) is 7.15. The molecule has 0 atom stereocenters. The normalized spacial score (nSPS) is 11.1. The van der Waals surface area contributed by atoms with Gasteiger partial charge in [-0.1, -0.05) is 24.9 Å². The summed E-state index contributed by atoms with van der Waals surface area (Å²) in [5, 5.41) is 7.90. The van der Waals surface area contributed by atoms with Crippen LogP contribution in [0.1, 0.15) is 37.4 Å². The van der Waals surface area contributed by atoms with E-state index in [1.807, 2.05) is 30.7 Å². The highest BCUT2D eigenvalue weighted by atomic mass is 35.5. The van der Waals surface area contributed by atoms with Crippen molar-refractivity contribution in [3.8, 4) is 11.4 Å². The lowest BCUT2D eigenvalue weighted by Crippen LogP contribution is -2.28. The van der Waals surface area contributed by atoms with E-state index in [2.05, 4.69) is 22.3 Å². The number of unbranched alkanes of at least 4 members (excludes halogenated alkanes) is 1. The van der Waals surface area contributed by atoms with Crippen molar-refractivity contribution in [2.75, 3.05) is 6.54 Å². The van der Waals surface area contributed by atoms with Crippen molar-refractivity contribution < 1.29 is 4.79 Å². The summed E-state index contributed by atoms with van der Waals surface area (Å²) in [5.74, 6) is 0.872. The van der Waals surface area contributed by atoms with Crippen molar-refractivity contribution in [2.24, 2.45) is 7.05 Å². The molecule has 0 aliphatic carbocycles. The Hall–Kier alpha value is -2.67. The van der Waals surface area contributed by atoms with Crippen LogP contribution in [0.3, 0.4) is 0 Å². The smallest absolute Gasteiger partial charge is 0.279 e. The number of fused-ring (bicyclic) bond motifs is 1. The Kier molecular flexibility index (Phi) is 6.14. The fraction of sp³-hybridized carbons (Fsp3) is 0.400. The number of halogens is 1. The summed E-state index contributed by atoms with van der Waals surface area (Å²) in [7, 11) is 1.84. The molecule has 148 valence electrons. The van der Waals surface area contributed by atoms with Crippen molar-refractivity contribution in [3.05, 3.63) is 50.9 Å². The molecule has 1 aromatic carbocycles. The molecule has 0 bridgehead atoms. The maximum Gasteiger partial charge on any atom is 0.279 e. The van der Waals surface area contributed by atoms with Crippen LogP contribution in [-0.2, 0) is 18.3 Å². The van der Waals surface area contributed by atoms with Gasteiger partial charge in [-0.3, -0.25) is 9.59 Å². The molecule has 0 radical (unpaired) electrons. The molecule has 3 rings (SSSR count). The molecule has 1 N–H and O–H groups in total. The minimum Gasteiger partial charge on any atom is -0.356 e. The van der Waals surface area contributed by atoms with E-state index < -0.39 is 0 Å². The van der Waals surface area contributed by atoms with Gasteiger partial charge in [0, 0.05) is 41.9 Å². The zero-order valence-electron chi connectivity index (χ0n) is 16.3. The molecule has 28 heavy (non-hydrogen) atoms. The molecular formula is C20H24ClN5O2. The number of benzene rings is 1. The molecule has 0 unspecified atom stereocenters. The Morgan fingerprint density at radius 1 is 1.25 bits per heavy atom. The zero-order valence-corrected chi connectivity index (χ0v) is 17.1. The predicted octanol–water partition coefficient (Wildman–Crippen LogP) is 2.91. The van der Waals surface area contributed by atoms with Crippen molar-refractivity contribution in [1.29, 1.82) is 0 Å². The number of amides is 1. The van der Waals surface area contributed by atoms with Gasteiger partial charge in [0.1, 0.15) is 0 Å². The van der Waals surface area contributed by atoms with E-state index in [4.69, 9.17) is 11.6 Å². The van der Waals surface area contributed by atoms with Crippen LogP contribution in [0.4, 0.5) is 0 Å².